The van der Waals surface area contributed by atoms with Gasteiger partial charge >= 0.3 is 14.5 Å². The van der Waals surface area contributed by atoms with Gasteiger partial charge in [-0.3, -0.25) is 4.79 Å². The highest BCUT2D eigenvalue weighted by atomic mass is 32.2. The summed E-state index contributed by atoms with van der Waals surface area (Å²) < 4.78 is 15.3. The first kappa shape index (κ1) is 16.0. The molecule has 0 aromatic heterocycles. The molecule has 0 radical (unpaired) electrons. The van der Waals surface area contributed by atoms with E-state index in [0.29, 0.717) is 6.42 Å². The molecule has 0 saturated carbocycles. The quantitative estimate of drug-likeness (QED) is 0.363. The Kier molecular flexibility index (Phi) is 9.01. The van der Waals surface area contributed by atoms with Gasteiger partial charge in [0.25, 0.3) is 0 Å². The van der Waals surface area contributed by atoms with Crippen LogP contribution >= 0.6 is 11.8 Å². The first-order valence-electron chi connectivity index (χ1n) is 5.33. The Morgan fingerprint density at radius 3 is 2.31 bits per heavy atom. The molecule has 4 nitrogen and oxygen atoms in total. The molecule has 0 aliphatic carbocycles. The first-order chi connectivity index (χ1) is 7.58. The summed E-state index contributed by atoms with van der Waals surface area (Å²) in [5, 5.41) is 0. The number of thioether (sulfide) groups is 1. The highest BCUT2D eigenvalue weighted by Gasteiger charge is 2.27. The van der Waals surface area contributed by atoms with Gasteiger partial charge in [0, 0.05) is 20.0 Å². The van der Waals surface area contributed by atoms with Crippen LogP contribution in [0.4, 0.5) is 0 Å². The van der Waals surface area contributed by atoms with Crippen molar-refractivity contribution in [3.63, 3.8) is 0 Å². The topological polar surface area (TPSA) is 44.8 Å². The summed E-state index contributed by atoms with van der Waals surface area (Å²) in [5.41, 5.74) is 0. The minimum Gasteiger partial charge on any atom is -0.469 e. The summed E-state index contributed by atoms with van der Waals surface area (Å²) in [7, 11) is 2.94. The molecule has 0 unspecified atom stereocenters. The van der Waals surface area contributed by atoms with Crippen molar-refractivity contribution < 1.29 is 18.4 Å². The molecule has 0 fully saturated rings. The van der Waals surface area contributed by atoms with Gasteiger partial charge < -0.3 is 13.6 Å². The smallest absolute Gasteiger partial charge is 0.334 e. The van der Waals surface area contributed by atoms with Gasteiger partial charge in [-0.25, -0.2) is 0 Å². The fourth-order valence-electron chi connectivity index (χ4n) is 1.14. The molecule has 0 aliphatic heterocycles. The van der Waals surface area contributed by atoms with Crippen LogP contribution in [0.5, 0.6) is 0 Å². The van der Waals surface area contributed by atoms with Crippen molar-refractivity contribution in [1.82, 2.24) is 0 Å². The number of esters is 1. The van der Waals surface area contributed by atoms with Crippen molar-refractivity contribution in [1.29, 1.82) is 0 Å². The Hall–Kier alpha value is -0.0431. The predicted octanol–water partition coefficient (Wildman–Crippen LogP) is 2.04. The number of hydrogen-bond donors (Lipinski definition) is 0. The van der Waals surface area contributed by atoms with E-state index < -0.39 is 8.56 Å². The van der Waals surface area contributed by atoms with Gasteiger partial charge in [-0.15, -0.1) is 0 Å². The summed E-state index contributed by atoms with van der Waals surface area (Å²) in [6, 6.07) is 0.991. The molecule has 0 aliphatic rings. The molecule has 0 rings (SSSR count). The van der Waals surface area contributed by atoms with Gasteiger partial charge in [0.2, 0.25) is 0 Å². The Bertz CT molecular complexity index is 197. The maximum absolute atomic E-state index is 10.8. The number of carbonyl (C=O) groups is 1. The van der Waals surface area contributed by atoms with Crippen LogP contribution in [0, 0.1) is 0 Å². The summed E-state index contributed by atoms with van der Waals surface area (Å²) in [4.78, 5) is 10.8. The van der Waals surface area contributed by atoms with E-state index in [2.05, 4.69) is 11.3 Å². The van der Waals surface area contributed by atoms with Gasteiger partial charge in [0.1, 0.15) is 0 Å². The number of hydrogen-bond acceptors (Lipinski definition) is 5. The number of rotatable bonds is 9. The van der Waals surface area contributed by atoms with E-state index in [4.69, 9.17) is 8.85 Å². The largest absolute Gasteiger partial charge is 0.469 e. The van der Waals surface area contributed by atoms with E-state index >= 15 is 0 Å². The third-order valence-electron chi connectivity index (χ3n) is 2.46. The first-order valence-corrected chi connectivity index (χ1v) is 9.00. The van der Waals surface area contributed by atoms with Gasteiger partial charge in [0.05, 0.1) is 13.5 Å². The maximum atomic E-state index is 10.8. The van der Waals surface area contributed by atoms with E-state index in [1.54, 1.807) is 26.0 Å². The average Bonchev–Trinajstić information content (AvgIpc) is 2.32. The molecule has 0 aromatic carbocycles. The fourth-order valence-corrected chi connectivity index (χ4v) is 3.66. The van der Waals surface area contributed by atoms with E-state index in [0.717, 1.165) is 24.0 Å². The van der Waals surface area contributed by atoms with Crippen molar-refractivity contribution in [2.75, 3.05) is 32.8 Å². The van der Waals surface area contributed by atoms with Crippen molar-refractivity contribution in [3.8, 4) is 0 Å². The molecule has 0 aromatic rings. The zero-order valence-electron chi connectivity index (χ0n) is 10.6. The van der Waals surface area contributed by atoms with Crippen LogP contribution in [0.1, 0.15) is 12.8 Å². The molecule has 16 heavy (non-hydrogen) atoms. The zero-order valence-corrected chi connectivity index (χ0v) is 12.4. The number of ether oxygens (including phenoxy) is 1. The molecule has 96 valence electrons. The van der Waals surface area contributed by atoms with Crippen LogP contribution < -0.4 is 0 Å². The van der Waals surface area contributed by atoms with Crippen molar-refractivity contribution >= 4 is 26.3 Å². The number of methoxy groups -OCH3 is 1. The second-order valence-corrected chi connectivity index (χ2v) is 8.39. The molecule has 0 atom stereocenters. The van der Waals surface area contributed by atoms with Gasteiger partial charge in [-0.05, 0) is 24.8 Å². The van der Waals surface area contributed by atoms with E-state index in [1.807, 2.05) is 0 Å². The molecule has 0 N–H and O–H groups in total. The van der Waals surface area contributed by atoms with E-state index in [1.165, 1.54) is 7.11 Å². The van der Waals surface area contributed by atoms with Gasteiger partial charge in [-0.1, -0.05) is 0 Å². The van der Waals surface area contributed by atoms with Crippen LogP contribution in [-0.4, -0.2) is 47.4 Å². The lowest BCUT2D eigenvalue weighted by atomic mass is 10.5. The minimum atomic E-state index is -1.89. The monoisotopic (exact) mass is 266 g/mol. The van der Waals surface area contributed by atoms with Gasteiger partial charge in [0.15, 0.2) is 0 Å². The van der Waals surface area contributed by atoms with E-state index in [-0.39, 0.29) is 5.97 Å². The normalized spacial score (nSPS) is 11.5. The second-order valence-electron chi connectivity index (χ2n) is 3.58. The number of carbonyl (C=O) groups excluding carboxylic acids is 1. The van der Waals surface area contributed by atoms with Crippen LogP contribution in [0.3, 0.4) is 0 Å². The van der Waals surface area contributed by atoms with E-state index in [9.17, 15) is 4.79 Å². The molecular weight excluding hydrogens is 244 g/mol. The highest BCUT2D eigenvalue weighted by molar-refractivity contribution is 7.99. The SMILES string of the molecule is COC(=O)CCSCCC[Si](C)(OC)OC. The Labute approximate surface area is 103 Å². The highest BCUT2D eigenvalue weighted by Crippen LogP contribution is 2.16. The predicted molar refractivity (Wildman–Crippen MR) is 69.0 cm³/mol. The van der Waals surface area contributed by atoms with Crippen molar-refractivity contribution in [3.05, 3.63) is 0 Å². The third kappa shape index (κ3) is 7.27. The average molecular weight is 266 g/mol. The van der Waals surface area contributed by atoms with Crippen LogP contribution in [0.15, 0.2) is 0 Å². The summed E-state index contributed by atoms with van der Waals surface area (Å²) >= 11 is 1.77. The fraction of sp³-hybridized carbons (Fsp3) is 0.900. The van der Waals surface area contributed by atoms with Crippen LogP contribution in [-0.2, 0) is 18.4 Å². The summed E-state index contributed by atoms with van der Waals surface area (Å²) in [5.74, 6) is 1.72. The lowest BCUT2D eigenvalue weighted by molar-refractivity contribution is -0.140. The second kappa shape index (κ2) is 9.04. The van der Waals surface area contributed by atoms with Crippen LogP contribution in [0.25, 0.3) is 0 Å². The Morgan fingerprint density at radius 1 is 1.19 bits per heavy atom. The zero-order chi connectivity index (χ0) is 12.4. The summed E-state index contributed by atoms with van der Waals surface area (Å²) in [6.45, 7) is 2.06. The molecule has 0 spiro atoms. The third-order valence-corrected chi connectivity index (χ3v) is 6.52. The summed E-state index contributed by atoms with van der Waals surface area (Å²) in [6.07, 6.45) is 1.56. The molecule has 6 heteroatoms. The minimum absolute atomic E-state index is 0.138. The van der Waals surface area contributed by atoms with Crippen molar-refractivity contribution in [2.24, 2.45) is 0 Å². The lowest BCUT2D eigenvalue weighted by Crippen LogP contribution is -2.35. The maximum Gasteiger partial charge on any atom is 0.334 e. The molecular formula is C10H22O4SSi. The molecule has 0 amide bonds. The Morgan fingerprint density at radius 2 is 1.81 bits per heavy atom. The van der Waals surface area contributed by atoms with Crippen molar-refractivity contribution in [2.45, 2.75) is 25.4 Å². The molecule has 0 saturated heterocycles. The standard InChI is InChI=1S/C10H22O4SSi/c1-12-10(11)6-8-15-7-5-9-16(4,13-2)14-3/h5-9H2,1-4H3. The van der Waals surface area contributed by atoms with Gasteiger partial charge in [-0.2, -0.15) is 11.8 Å². The van der Waals surface area contributed by atoms with Crippen LogP contribution in [0.2, 0.25) is 12.6 Å². The lowest BCUT2D eigenvalue weighted by Gasteiger charge is -2.22. The molecule has 0 bridgehead atoms. The Balaban J connectivity index is 3.43. The molecule has 0 heterocycles.